The van der Waals surface area contributed by atoms with Gasteiger partial charge in [0.2, 0.25) is 0 Å². The minimum Gasteiger partial charge on any atom is -0.381 e. The van der Waals surface area contributed by atoms with Crippen LogP contribution >= 0.6 is 0 Å². The molecule has 0 spiro atoms. The summed E-state index contributed by atoms with van der Waals surface area (Å²) in [6, 6.07) is 0. The molecule has 0 saturated carbocycles. The number of rotatable bonds is 4. The number of hydrogen-bond donors (Lipinski definition) is 2. The second kappa shape index (κ2) is 5.96. The van der Waals surface area contributed by atoms with Gasteiger partial charge in [-0.2, -0.15) is 0 Å². The molecule has 2 N–H and O–H groups in total. The molecule has 2 rings (SSSR count). The van der Waals surface area contributed by atoms with E-state index in [2.05, 4.69) is 17.6 Å². The van der Waals surface area contributed by atoms with Gasteiger partial charge < -0.3 is 20.1 Å². The zero-order valence-electron chi connectivity index (χ0n) is 10.3. The van der Waals surface area contributed by atoms with Gasteiger partial charge >= 0.3 is 0 Å². The Morgan fingerprint density at radius 2 is 2.12 bits per heavy atom. The fourth-order valence-corrected chi connectivity index (χ4v) is 2.33. The minimum absolute atomic E-state index is 0.345. The third-order valence-corrected chi connectivity index (χ3v) is 3.63. The Kier molecular flexibility index (Phi) is 4.58. The van der Waals surface area contributed by atoms with Crippen LogP contribution in [0.1, 0.15) is 19.8 Å². The third kappa shape index (κ3) is 3.70. The predicted octanol–water partition coefficient (Wildman–Crippen LogP) is 0.381. The minimum atomic E-state index is 0.345. The molecule has 2 fully saturated rings. The van der Waals surface area contributed by atoms with Crippen molar-refractivity contribution in [1.29, 1.82) is 0 Å². The first-order chi connectivity index (χ1) is 7.79. The highest BCUT2D eigenvalue weighted by atomic mass is 16.5. The zero-order valence-corrected chi connectivity index (χ0v) is 10.3. The number of morpholine rings is 1. The normalized spacial score (nSPS) is 30.2. The Balaban J connectivity index is 1.62. The smallest absolute Gasteiger partial charge is 0.0824 e. The van der Waals surface area contributed by atoms with Gasteiger partial charge in [-0.3, -0.25) is 0 Å². The molecule has 16 heavy (non-hydrogen) atoms. The fourth-order valence-electron chi connectivity index (χ4n) is 2.33. The Labute approximate surface area is 98.1 Å². The summed E-state index contributed by atoms with van der Waals surface area (Å²) in [5.41, 5.74) is 0.417. The van der Waals surface area contributed by atoms with Crippen molar-refractivity contribution in [2.24, 2.45) is 5.41 Å². The molecule has 4 nitrogen and oxygen atoms in total. The number of ether oxygens (including phenoxy) is 2. The SMILES string of the molecule is CC1(CNCC2CNCCO2)CCOCC1. The summed E-state index contributed by atoms with van der Waals surface area (Å²) in [6.45, 7) is 9.04. The van der Waals surface area contributed by atoms with Crippen molar-refractivity contribution in [3.05, 3.63) is 0 Å². The van der Waals surface area contributed by atoms with Crippen LogP contribution in [0.2, 0.25) is 0 Å². The summed E-state index contributed by atoms with van der Waals surface area (Å²) >= 11 is 0. The van der Waals surface area contributed by atoms with E-state index in [9.17, 15) is 0 Å². The van der Waals surface area contributed by atoms with Gasteiger partial charge in [0, 0.05) is 39.4 Å². The molecule has 0 bridgehead atoms. The fraction of sp³-hybridized carbons (Fsp3) is 1.00. The molecule has 2 aliphatic heterocycles. The second-order valence-electron chi connectivity index (χ2n) is 5.25. The molecule has 2 heterocycles. The Morgan fingerprint density at radius 3 is 2.81 bits per heavy atom. The molecule has 0 amide bonds. The maximum atomic E-state index is 5.65. The molecule has 0 aliphatic carbocycles. The van der Waals surface area contributed by atoms with Gasteiger partial charge in [-0.05, 0) is 18.3 Å². The number of hydrogen-bond acceptors (Lipinski definition) is 4. The van der Waals surface area contributed by atoms with Gasteiger partial charge in [-0.15, -0.1) is 0 Å². The quantitative estimate of drug-likeness (QED) is 0.730. The first-order valence-corrected chi connectivity index (χ1v) is 6.39. The summed E-state index contributed by atoms with van der Waals surface area (Å²) < 4.78 is 11.0. The van der Waals surface area contributed by atoms with E-state index in [1.54, 1.807) is 0 Å². The van der Waals surface area contributed by atoms with Crippen LogP contribution in [-0.2, 0) is 9.47 Å². The van der Waals surface area contributed by atoms with Crippen LogP contribution < -0.4 is 10.6 Å². The van der Waals surface area contributed by atoms with Gasteiger partial charge in [-0.1, -0.05) is 6.92 Å². The Morgan fingerprint density at radius 1 is 1.31 bits per heavy atom. The van der Waals surface area contributed by atoms with Crippen molar-refractivity contribution < 1.29 is 9.47 Å². The van der Waals surface area contributed by atoms with Crippen molar-refractivity contribution in [1.82, 2.24) is 10.6 Å². The van der Waals surface area contributed by atoms with Crippen LogP contribution in [0.4, 0.5) is 0 Å². The molecule has 2 saturated heterocycles. The van der Waals surface area contributed by atoms with Crippen molar-refractivity contribution >= 4 is 0 Å². The number of nitrogens with one attached hydrogen (secondary N) is 2. The largest absolute Gasteiger partial charge is 0.381 e. The molecule has 1 unspecified atom stereocenters. The first kappa shape index (κ1) is 12.3. The molecule has 4 heteroatoms. The van der Waals surface area contributed by atoms with Crippen molar-refractivity contribution in [2.45, 2.75) is 25.9 Å². The van der Waals surface area contributed by atoms with Crippen molar-refractivity contribution in [3.63, 3.8) is 0 Å². The van der Waals surface area contributed by atoms with Crippen molar-refractivity contribution in [2.75, 3.05) is 46.0 Å². The van der Waals surface area contributed by atoms with Gasteiger partial charge in [0.1, 0.15) is 0 Å². The Hall–Kier alpha value is -0.160. The third-order valence-electron chi connectivity index (χ3n) is 3.63. The van der Waals surface area contributed by atoms with Gasteiger partial charge in [0.15, 0.2) is 0 Å². The van der Waals surface area contributed by atoms with Crippen LogP contribution in [0.15, 0.2) is 0 Å². The first-order valence-electron chi connectivity index (χ1n) is 6.39. The average molecular weight is 228 g/mol. The maximum absolute atomic E-state index is 5.65. The highest BCUT2D eigenvalue weighted by Gasteiger charge is 2.27. The van der Waals surface area contributed by atoms with Crippen LogP contribution in [0.25, 0.3) is 0 Å². The van der Waals surface area contributed by atoms with Crippen molar-refractivity contribution in [3.8, 4) is 0 Å². The van der Waals surface area contributed by atoms with Gasteiger partial charge in [0.25, 0.3) is 0 Å². The lowest BCUT2D eigenvalue weighted by Crippen LogP contribution is -2.46. The Bertz CT molecular complexity index is 199. The van der Waals surface area contributed by atoms with E-state index < -0.39 is 0 Å². The van der Waals surface area contributed by atoms with Crippen LogP contribution in [0.5, 0.6) is 0 Å². The molecular formula is C12H24N2O2. The van der Waals surface area contributed by atoms with E-state index in [4.69, 9.17) is 9.47 Å². The highest BCUT2D eigenvalue weighted by Crippen LogP contribution is 2.28. The predicted molar refractivity (Wildman–Crippen MR) is 63.6 cm³/mol. The molecule has 0 aromatic heterocycles. The summed E-state index contributed by atoms with van der Waals surface area (Å²) in [4.78, 5) is 0. The standard InChI is InChI=1S/C12H24N2O2/c1-12(2-5-15-6-3-12)10-14-9-11-8-13-4-7-16-11/h11,13-14H,2-10H2,1H3. The zero-order chi connectivity index (χ0) is 11.3. The summed E-state index contributed by atoms with van der Waals surface area (Å²) in [5.74, 6) is 0. The van der Waals surface area contributed by atoms with Crippen LogP contribution in [-0.4, -0.2) is 52.1 Å². The van der Waals surface area contributed by atoms with Crippen LogP contribution in [0, 0.1) is 5.41 Å². The molecule has 0 aromatic carbocycles. The lowest BCUT2D eigenvalue weighted by molar-refractivity contribution is 0.0123. The van der Waals surface area contributed by atoms with Gasteiger partial charge in [-0.25, -0.2) is 0 Å². The lowest BCUT2D eigenvalue weighted by Gasteiger charge is -2.34. The molecule has 2 aliphatic rings. The molecule has 0 radical (unpaired) electrons. The van der Waals surface area contributed by atoms with E-state index in [1.807, 2.05) is 0 Å². The van der Waals surface area contributed by atoms with E-state index in [-0.39, 0.29) is 0 Å². The molecular weight excluding hydrogens is 204 g/mol. The van der Waals surface area contributed by atoms with Gasteiger partial charge in [0.05, 0.1) is 12.7 Å². The van der Waals surface area contributed by atoms with E-state index in [1.165, 1.54) is 12.8 Å². The average Bonchev–Trinajstić information content (AvgIpc) is 2.31. The second-order valence-corrected chi connectivity index (χ2v) is 5.25. The molecule has 94 valence electrons. The summed E-state index contributed by atoms with van der Waals surface area (Å²) in [6.07, 6.45) is 2.69. The van der Waals surface area contributed by atoms with E-state index in [0.717, 1.165) is 46.0 Å². The molecule has 0 aromatic rings. The molecule has 1 atom stereocenters. The monoisotopic (exact) mass is 228 g/mol. The summed E-state index contributed by atoms with van der Waals surface area (Å²) in [7, 11) is 0. The summed E-state index contributed by atoms with van der Waals surface area (Å²) in [5, 5.41) is 6.89. The highest BCUT2D eigenvalue weighted by molar-refractivity contribution is 4.80. The van der Waals surface area contributed by atoms with E-state index >= 15 is 0 Å². The maximum Gasteiger partial charge on any atom is 0.0824 e. The topological polar surface area (TPSA) is 42.5 Å². The van der Waals surface area contributed by atoms with Crippen LogP contribution in [0.3, 0.4) is 0 Å². The lowest BCUT2D eigenvalue weighted by atomic mass is 9.82. The van der Waals surface area contributed by atoms with E-state index in [0.29, 0.717) is 11.5 Å².